The Morgan fingerprint density at radius 3 is 2.76 bits per heavy atom. The Morgan fingerprint density at radius 1 is 1.16 bits per heavy atom. The summed E-state index contributed by atoms with van der Waals surface area (Å²) >= 11 is 1.57. The van der Waals surface area contributed by atoms with E-state index >= 15 is 0 Å². The van der Waals surface area contributed by atoms with Crippen LogP contribution < -0.4 is 5.32 Å². The Morgan fingerprint density at radius 2 is 2.00 bits per heavy atom. The van der Waals surface area contributed by atoms with Crippen LogP contribution >= 0.6 is 11.3 Å². The summed E-state index contributed by atoms with van der Waals surface area (Å²) in [5, 5.41) is 14.2. The minimum atomic E-state index is -0.311. The number of rotatable bonds is 4. The predicted molar refractivity (Wildman–Crippen MR) is 101 cm³/mol. The fraction of sp³-hybridized carbons (Fsp3) is 0.150. The summed E-state index contributed by atoms with van der Waals surface area (Å²) in [6, 6.07) is 15.7. The number of amides is 1. The van der Waals surface area contributed by atoms with Gasteiger partial charge in [-0.3, -0.25) is 4.79 Å². The minimum Gasteiger partial charge on any atom is -0.325 e. The first-order chi connectivity index (χ1) is 12.1. The van der Waals surface area contributed by atoms with Crippen LogP contribution in [0.15, 0.2) is 47.8 Å². The van der Waals surface area contributed by atoms with Crippen molar-refractivity contribution in [1.82, 2.24) is 4.98 Å². The van der Waals surface area contributed by atoms with Gasteiger partial charge in [-0.25, -0.2) is 4.98 Å². The maximum absolute atomic E-state index is 11.6. The van der Waals surface area contributed by atoms with Crippen molar-refractivity contribution in [2.75, 3.05) is 5.32 Å². The molecule has 3 rings (SSSR count). The van der Waals surface area contributed by atoms with Gasteiger partial charge in [-0.05, 0) is 43.2 Å². The van der Waals surface area contributed by atoms with Crippen molar-refractivity contribution in [2.24, 2.45) is 0 Å². The summed E-state index contributed by atoms with van der Waals surface area (Å²) < 4.78 is 0. The third-order valence-electron chi connectivity index (χ3n) is 3.94. The second kappa shape index (κ2) is 7.29. The molecule has 0 aliphatic rings. The van der Waals surface area contributed by atoms with Gasteiger partial charge in [0.05, 0.1) is 11.8 Å². The lowest BCUT2D eigenvalue weighted by molar-refractivity contribution is -0.115. The second-order valence-corrected chi connectivity index (χ2v) is 6.66. The summed E-state index contributed by atoms with van der Waals surface area (Å²) in [6.07, 6.45) is -0.154. The van der Waals surface area contributed by atoms with Crippen LogP contribution in [0.2, 0.25) is 0 Å². The zero-order chi connectivity index (χ0) is 17.8. The highest BCUT2D eigenvalue weighted by Crippen LogP contribution is 2.30. The molecule has 0 atom stereocenters. The van der Waals surface area contributed by atoms with Gasteiger partial charge in [-0.15, -0.1) is 11.3 Å². The molecule has 1 N–H and O–H groups in total. The van der Waals surface area contributed by atoms with Crippen molar-refractivity contribution >= 4 is 22.9 Å². The predicted octanol–water partition coefficient (Wildman–Crippen LogP) is 4.95. The molecule has 1 amide bonds. The molecule has 0 spiro atoms. The van der Waals surface area contributed by atoms with Crippen LogP contribution in [0.4, 0.5) is 5.69 Å². The van der Waals surface area contributed by atoms with E-state index in [9.17, 15) is 4.79 Å². The first-order valence-electron chi connectivity index (χ1n) is 7.87. The molecule has 124 valence electrons. The highest BCUT2D eigenvalue weighted by atomic mass is 32.1. The number of thiazole rings is 1. The summed E-state index contributed by atoms with van der Waals surface area (Å²) in [5.74, 6) is -0.311. The Labute approximate surface area is 150 Å². The SMILES string of the molecule is Cc1ccc(-c2csc(-c3cccc(NC(=O)CC#N)c3)n2)cc1C. The number of nitrogens with one attached hydrogen (secondary N) is 1. The molecule has 1 aromatic heterocycles. The number of hydrogen-bond donors (Lipinski definition) is 1. The van der Waals surface area contributed by atoms with Gasteiger partial charge in [0, 0.05) is 22.2 Å². The van der Waals surface area contributed by atoms with Gasteiger partial charge in [-0.1, -0.05) is 24.3 Å². The smallest absolute Gasteiger partial charge is 0.238 e. The van der Waals surface area contributed by atoms with E-state index in [1.807, 2.05) is 29.6 Å². The molecular formula is C20H17N3OS. The molecule has 0 fully saturated rings. The number of carbonyl (C=O) groups excluding carboxylic acids is 1. The van der Waals surface area contributed by atoms with Crippen molar-refractivity contribution in [3.63, 3.8) is 0 Å². The molecule has 5 heteroatoms. The van der Waals surface area contributed by atoms with Crippen molar-refractivity contribution in [3.8, 4) is 27.9 Å². The van der Waals surface area contributed by atoms with Crippen LogP contribution in [-0.2, 0) is 4.79 Å². The molecule has 0 aliphatic heterocycles. The number of benzene rings is 2. The van der Waals surface area contributed by atoms with Gasteiger partial charge in [0.15, 0.2) is 0 Å². The average molecular weight is 347 g/mol. The summed E-state index contributed by atoms with van der Waals surface area (Å²) in [4.78, 5) is 16.3. The third kappa shape index (κ3) is 3.93. The van der Waals surface area contributed by atoms with Crippen LogP contribution in [0.5, 0.6) is 0 Å². The third-order valence-corrected chi connectivity index (χ3v) is 4.83. The molecule has 0 saturated heterocycles. The van der Waals surface area contributed by atoms with Crippen LogP contribution in [0.3, 0.4) is 0 Å². The lowest BCUT2D eigenvalue weighted by Crippen LogP contribution is -2.09. The van der Waals surface area contributed by atoms with Crippen LogP contribution in [-0.4, -0.2) is 10.9 Å². The molecule has 0 bridgehead atoms. The molecular weight excluding hydrogens is 330 g/mol. The van der Waals surface area contributed by atoms with Crippen LogP contribution in [0.25, 0.3) is 21.8 Å². The number of aryl methyl sites for hydroxylation is 2. The van der Waals surface area contributed by atoms with E-state index in [4.69, 9.17) is 10.2 Å². The number of aromatic nitrogens is 1. The molecule has 3 aromatic rings. The standard InChI is InChI=1S/C20H17N3OS/c1-13-6-7-15(10-14(13)2)18-12-25-20(23-18)16-4-3-5-17(11-16)22-19(24)8-9-21/h3-7,10-12H,8H2,1-2H3,(H,22,24). The van der Waals surface area contributed by atoms with E-state index in [1.165, 1.54) is 11.1 Å². The fourth-order valence-corrected chi connectivity index (χ4v) is 3.27. The molecule has 0 radical (unpaired) electrons. The summed E-state index contributed by atoms with van der Waals surface area (Å²) in [6.45, 7) is 4.19. The summed E-state index contributed by atoms with van der Waals surface area (Å²) in [5.41, 5.74) is 6.16. The highest BCUT2D eigenvalue weighted by Gasteiger charge is 2.09. The van der Waals surface area contributed by atoms with Gasteiger partial charge in [0.1, 0.15) is 11.4 Å². The van der Waals surface area contributed by atoms with Gasteiger partial charge < -0.3 is 5.32 Å². The van der Waals surface area contributed by atoms with Gasteiger partial charge in [0.2, 0.25) is 5.91 Å². The number of nitriles is 1. The monoisotopic (exact) mass is 347 g/mol. The molecule has 0 aliphatic carbocycles. The Kier molecular flexibility index (Phi) is 4.92. The number of anilines is 1. The largest absolute Gasteiger partial charge is 0.325 e. The van der Waals surface area contributed by atoms with Crippen molar-refractivity contribution in [1.29, 1.82) is 5.26 Å². The van der Waals surface area contributed by atoms with E-state index in [1.54, 1.807) is 17.4 Å². The maximum atomic E-state index is 11.6. The zero-order valence-corrected chi connectivity index (χ0v) is 14.9. The first kappa shape index (κ1) is 16.9. The quantitative estimate of drug-likeness (QED) is 0.726. The van der Waals surface area contributed by atoms with Gasteiger partial charge in [0.25, 0.3) is 0 Å². The summed E-state index contributed by atoms with van der Waals surface area (Å²) in [7, 11) is 0. The van der Waals surface area contributed by atoms with Crippen molar-refractivity contribution in [3.05, 3.63) is 59.0 Å². The number of hydrogen-bond acceptors (Lipinski definition) is 4. The van der Waals surface area contributed by atoms with E-state index in [0.29, 0.717) is 5.69 Å². The number of carbonyl (C=O) groups is 1. The van der Waals surface area contributed by atoms with E-state index in [-0.39, 0.29) is 12.3 Å². The molecule has 0 saturated carbocycles. The lowest BCUT2D eigenvalue weighted by atomic mass is 10.1. The second-order valence-electron chi connectivity index (χ2n) is 5.80. The molecule has 25 heavy (non-hydrogen) atoms. The van der Waals surface area contributed by atoms with E-state index < -0.39 is 0 Å². The van der Waals surface area contributed by atoms with Gasteiger partial charge >= 0.3 is 0 Å². The Balaban J connectivity index is 1.86. The van der Waals surface area contributed by atoms with Crippen LogP contribution in [0.1, 0.15) is 17.5 Å². The highest BCUT2D eigenvalue weighted by molar-refractivity contribution is 7.13. The minimum absolute atomic E-state index is 0.154. The van der Waals surface area contributed by atoms with Crippen molar-refractivity contribution < 1.29 is 4.79 Å². The Hall–Kier alpha value is -2.97. The van der Waals surface area contributed by atoms with E-state index in [0.717, 1.165) is 21.8 Å². The molecule has 0 unspecified atom stereocenters. The fourth-order valence-electron chi connectivity index (χ4n) is 2.45. The van der Waals surface area contributed by atoms with Crippen molar-refractivity contribution in [2.45, 2.75) is 20.3 Å². The average Bonchev–Trinajstić information content (AvgIpc) is 3.08. The zero-order valence-electron chi connectivity index (χ0n) is 14.0. The van der Waals surface area contributed by atoms with E-state index in [2.05, 4.69) is 37.4 Å². The molecule has 4 nitrogen and oxygen atoms in total. The first-order valence-corrected chi connectivity index (χ1v) is 8.75. The Bertz CT molecular complexity index is 969. The topological polar surface area (TPSA) is 65.8 Å². The van der Waals surface area contributed by atoms with Crippen LogP contribution in [0, 0.1) is 25.2 Å². The maximum Gasteiger partial charge on any atom is 0.238 e. The van der Waals surface area contributed by atoms with Gasteiger partial charge in [-0.2, -0.15) is 5.26 Å². The lowest BCUT2D eigenvalue weighted by Gasteiger charge is -2.04. The molecule has 2 aromatic carbocycles. The number of nitrogens with zero attached hydrogens (tertiary/aromatic N) is 2. The normalized spacial score (nSPS) is 10.3. The molecule has 1 heterocycles.